The number of nitrogens with zero attached hydrogens (tertiary/aromatic N) is 1. The number of likely N-dealkylation sites (tertiary alicyclic amines) is 1. The van der Waals surface area contributed by atoms with Crippen molar-refractivity contribution in [2.45, 2.75) is 19.4 Å². The summed E-state index contributed by atoms with van der Waals surface area (Å²) >= 11 is 6.72. The number of carbonyl (C=O) groups excluding carboxylic acids is 1. The molecular weight excluding hydrogens is 392 g/mol. The van der Waals surface area contributed by atoms with Crippen LogP contribution in [0, 0.1) is 5.92 Å². The van der Waals surface area contributed by atoms with Crippen molar-refractivity contribution in [3.63, 3.8) is 0 Å². The van der Waals surface area contributed by atoms with E-state index in [0.717, 1.165) is 8.95 Å². The van der Waals surface area contributed by atoms with Crippen LogP contribution in [0.25, 0.3) is 0 Å². The molecule has 108 valence electrons. The van der Waals surface area contributed by atoms with E-state index in [2.05, 4.69) is 37.2 Å². The molecule has 1 fully saturated rings. The minimum Gasteiger partial charge on any atom is -0.481 e. The fourth-order valence-electron chi connectivity index (χ4n) is 2.33. The third-order valence-corrected chi connectivity index (χ3v) is 4.66. The Labute approximate surface area is 133 Å². The topological polar surface area (TPSA) is 69.6 Å². The molecule has 1 aliphatic heterocycles. The van der Waals surface area contributed by atoms with Crippen molar-refractivity contribution in [2.75, 3.05) is 11.9 Å². The molecule has 2 amide bonds. The highest BCUT2D eigenvalue weighted by Crippen LogP contribution is 2.28. The predicted molar refractivity (Wildman–Crippen MR) is 82.8 cm³/mol. The number of anilines is 1. The van der Waals surface area contributed by atoms with Gasteiger partial charge in [0.05, 0.1) is 11.6 Å². The molecule has 20 heavy (non-hydrogen) atoms. The van der Waals surface area contributed by atoms with Gasteiger partial charge in [-0.3, -0.25) is 4.79 Å². The van der Waals surface area contributed by atoms with E-state index in [1.54, 1.807) is 17.9 Å². The Bertz CT molecular complexity index is 550. The van der Waals surface area contributed by atoms with Crippen LogP contribution in [0.15, 0.2) is 27.1 Å². The van der Waals surface area contributed by atoms with Crippen molar-refractivity contribution >= 4 is 49.5 Å². The first kappa shape index (κ1) is 15.3. The molecule has 7 heteroatoms. The number of carboxylic acids is 1. The summed E-state index contributed by atoms with van der Waals surface area (Å²) in [5.74, 6) is -1.34. The van der Waals surface area contributed by atoms with Gasteiger partial charge in [-0.15, -0.1) is 0 Å². The highest BCUT2D eigenvalue weighted by atomic mass is 79.9. The Morgan fingerprint density at radius 1 is 1.40 bits per heavy atom. The summed E-state index contributed by atoms with van der Waals surface area (Å²) in [4.78, 5) is 24.8. The zero-order valence-electron chi connectivity index (χ0n) is 10.8. The average Bonchev–Trinajstić information content (AvgIpc) is 2.74. The maximum absolute atomic E-state index is 12.2. The van der Waals surface area contributed by atoms with E-state index >= 15 is 0 Å². The number of rotatable bonds is 2. The Morgan fingerprint density at radius 3 is 2.65 bits per heavy atom. The number of hydrogen-bond acceptors (Lipinski definition) is 2. The van der Waals surface area contributed by atoms with Crippen LogP contribution in [-0.2, 0) is 4.79 Å². The molecule has 0 bridgehead atoms. The van der Waals surface area contributed by atoms with E-state index in [9.17, 15) is 9.59 Å². The number of carbonyl (C=O) groups is 2. The van der Waals surface area contributed by atoms with Crippen LogP contribution in [0.2, 0.25) is 0 Å². The van der Waals surface area contributed by atoms with Crippen molar-refractivity contribution in [1.82, 2.24) is 4.90 Å². The number of carboxylic acid groups (broad SMARTS) is 1. The van der Waals surface area contributed by atoms with Gasteiger partial charge >= 0.3 is 12.0 Å². The molecule has 1 aromatic carbocycles. The van der Waals surface area contributed by atoms with Crippen molar-refractivity contribution < 1.29 is 14.7 Å². The summed E-state index contributed by atoms with van der Waals surface area (Å²) in [6, 6.07) is 4.87. The lowest BCUT2D eigenvalue weighted by Gasteiger charge is -2.23. The molecule has 0 spiro atoms. The molecule has 0 aromatic heterocycles. The van der Waals surface area contributed by atoms with Gasteiger partial charge in [0.25, 0.3) is 0 Å². The van der Waals surface area contributed by atoms with Crippen LogP contribution in [0.4, 0.5) is 10.5 Å². The van der Waals surface area contributed by atoms with Gasteiger partial charge in [0, 0.05) is 21.5 Å². The largest absolute Gasteiger partial charge is 0.481 e. The molecule has 1 heterocycles. The quantitative estimate of drug-likeness (QED) is 0.790. The number of halogens is 2. The molecule has 0 aliphatic carbocycles. The zero-order valence-corrected chi connectivity index (χ0v) is 13.9. The Morgan fingerprint density at radius 2 is 2.10 bits per heavy atom. The van der Waals surface area contributed by atoms with Crippen LogP contribution in [-0.4, -0.2) is 34.6 Å². The minimum absolute atomic E-state index is 0.274. The third-order valence-electron chi connectivity index (χ3n) is 3.51. The van der Waals surface area contributed by atoms with E-state index in [4.69, 9.17) is 5.11 Å². The molecule has 2 rings (SSSR count). The van der Waals surface area contributed by atoms with Crippen LogP contribution in [0.1, 0.15) is 13.3 Å². The average molecular weight is 406 g/mol. The summed E-state index contributed by atoms with van der Waals surface area (Å²) in [6.45, 7) is 2.22. The summed E-state index contributed by atoms with van der Waals surface area (Å²) in [5.41, 5.74) is 0.657. The van der Waals surface area contributed by atoms with Gasteiger partial charge in [0.2, 0.25) is 0 Å². The van der Waals surface area contributed by atoms with E-state index in [1.807, 2.05) is 12.1 Å². The van der Waals surface area contributed by atoms with Crippen LogP contribution < -0.4 is 5.32 Å². The smallest absolute Gasteiger partial charge is 0.322 e. The normalized spacial score (nSPS) is 21.9. The molecule has 5 nitrogen and oxygen atoms in total. The van der Waals surface area contributed by atoms with Crippen molar-refractivity contribution in [3.05, 3.63) is 27.1 Å². The summed E-state index contributed by atoms with van der Waals surface area (Å²) < 4.78 is 1.67. The first-order valence-corrected chi connectivity index (χ1v) is 7.74. The molecule has 2 N–H and O–H groups in total. The van der Waals surface area contributed by atoms with Crippen molar-refractivity contribution in [3.8, 4) is 0 Å². The Kier molecular flexibility index (Phi) is 4.70. The fourth-order valence-corrected chi connectivity index (χ4v) is 3.48. The SMILES string of the molecule is CC1C(C(=O)O)CCN1C(=O)Nc1ccc(Br)cc1Br. The van der Waals surface area contributed by atoms with Crippen LogP contribution in [0.3, 0.4) is 0 Å². The molecule has 1 aromatic rings. The minimum atomic E-state index is -0.849. The number of benzene rings is 1. The van der Waals surface area contributed by atoms with Gasteiger partial charge < -0.3 is 15.3 Å². The zero-order chi connectivity index (χ0) is 14.9. The summed E-state index contributed by atoms with van der Waals surface area (Å²) in [7, 11) is 0. The van der Waals surface area contributed by atoms with E-state index in [-0.39, 0.29) is 12.1 Å². The van der Waals surface area contributed by atoms with Gasteiger partial charge in [-0.05, 0) is 47.5 Å². The van der Waals surface area contributed by atoms with Gasteiger partial charge in [-0.25, -0.2) is 4.79 Å². The standard InChI is InChI=1S/C13H14Br2N2O3/c1-7-9(12(18)19)4-5-17(7)13(20)16-11-3-2-8(14)6-10(11)15/h2-3,6-7,9H,4-5H2,1H3,(H,16,20)(H,18,19). The second-order valence-electron chi connectivity index (χ2n) is 4.72. The molecule has 0 radical (unpaired) electrons. The summed E-state index contributed by atoms with van der Waals surface area (Å²) in [5, 5.41) is 11.9. The molecule has 0 saturated carbocycles. The van der Waals surface area contributed by atoms with Crippen molar-refractivity contribution in [2.24, 2.45) is 5.92 Å². The third kappa shape index (κ3) is 3.15. The molecule has 1 aliphatic rings. The van der Waals surface area contributed by atoms with Gasteiger partial charge in [0.15, 0.2) is 0 Å². The number of aliphatic carboxylic acids is 1. The number of urea groups is 1. The fraction of sp³-hybridized carbons (Fsp3) is 0.385. The highest BCUT2D eigenvalue weighted by molar-refractivity contribution is 9.11. The second-order valence-corrected chi connectivity index (χ2v) is 6.49. The van der Waals surface area contributed by atoms with E-state index in [1.165, 1.54) is 0 Å². The lowest BCUT2D eigenvalue weighted by molar-refractivity contribution is -0.142. The van der Waals surface area contributed by atoms with Crippen LogP contribution in [0.5, 0.6) is 0 Å². The Hall–Kier alpha value is -1.08. The second kappa shape index (κ2) is 6.13. The van der Waals surface area contributed by atoms with Crippen LogP contribution >= 0.6 is 31.9 Å². The first-order valence-electron chi connectivity index (χ1n) is 6.15. The van der Waals surface area contributed by atoms with Crippen molar-refractivity contribution in [1.29, 1.82) is 0 Å². The maximum Gasteiger partial charge on any atom is 0.322 e. The van der Waals surface area contributed by atoms with E-state index < -0.39 is 11.9 Å². The van der Waals surface area contributed by atoms with E-state index in [0.29, 0.717) is 18.7 Å². The number of nitrogens with one attached hydrogen (secondary N) is 1. The predicted octanol–water partition coefficient (Wildman–Crippen LogP) is 3.54. The lowest BCUT2D eigenvalue weighted by Crippen LogP contribution is -2.40. The lowest BCUT2D eigenvalue weighted by atomic mass is 10.0. The summed E-state index contributed by atoms with van der Waals surface area (Å²) in [6.07, 6.45) is 0.491. The number of hydrogen-bond donors (Lipinski definition) is 2. The monoisotopic (exact) mass is 404 g/mol. The van der Waals surface area contributed by atoms with Gasteiger partial charge in [-0.2, -0.15) is 0 Å². The first-order chi connectivity index (χ1) is 9.40. The van der Waals surface area contributed by atoms with Gasteiger partial charge in [0.1, 0.15) is 0 Å². The van der Waals surface area contributed by atoms with Gasteiger partial charge in [-0.1, -0.05) is 15.9 Å². The Balaban J connectivity index is 2.07. The molecular formula is C13H14Br2N2O3. The number of amides is 2. The highest BCUT2D eigenvalue weighted by Gasteiger charge is 2.38. The molecule has 2 atom stereocenters. The molecule has 2 unspecified atom stereocenters. The molecule has 1 saturated heterocycles. The maximum atomic E-state index is 12.2.